The van der Waals surface area contributed by atoms with Gasteiger partial charge in [-0.3, -0.25) is 10.1 Å². The van der Waals surface area contributed by atoms with Crippen molar-refractivity contribution >= 4 is 17.9 Å². The van der Waals surface area contributed by atoms with E-state index >= 15 is 0 Å². The summed E-state index contributed by atoms with van der Waals surface area (Å²) in [5.41, 5.74) is 1.97. The summed E-state index contributed by atoms with van der Waals surface area (Å²) in [7, 11) is 0. The predicted octanol–water partition coefficient (Wildman–Crippen LogP) is 3.57. The van der Waals surface area contributed by atoms with Crippen molar-refractivity contribution in [2.75, 3.05) is 13.1 Å². The van der Waals surface area contributed by atoms with E-state index in [2.05, 4.69) is 6.58 Å². The summed E-state index contributed by atoms with van der Waals surface area (Å²) in [5, 5.41) is 11.2. The highest BCUT2D eigenvalue weighted by Crippen LogP contribution is 2.27. The number of hydrogen-bond donors (Lipinski definition) is 0. The average Bonchev–Trinajstić information content (AvgIpc) is 2.65. The summed E-state index contributed by atoms with van der Waals surface area (Å²) in [6.45, 7) is 10.2. The molecule has 124 valence electrons. The molecule has 2 rings (SSSR count). The Balaban J connectivity index is 2.22. The molecule has 0 unspecified atom stereocenters. The van der Waals surface area contributed by atoms with E-state index in [4.69, 9.17) is 4.74 Å². The van der Waals surface area contributed by atoms with Gasteiger partial charge in [0.05, 0.1) is 10.5 Å². The molecule has 0 saturated carbocycles. The van der Waals surface area contributed by atoms with Crippen LogP contribution in [0.1, 0.15) is 37.5 Å². The normalized spacial score (nSPS) is 14.7. The third-order valence-electron chi connectivity index (χ3n) is 3.72. The molecule has 0 bridgehead atoms. The van der Waals surface area contributed by atoms with Crippen LogP contribution in [0.3, 0.4) is 0 Å². The van der Waals surface area contributed by atoms with Gasteiger partial charge < -0.3 is 9.64 Å². The third-order valence-corrected chi connectivity index (χ3v) is 3.72. The fourth-order valence-electron chi connectivity index (χ4n) is 2.61. The molecule has 1 aliphatic heterocycles. The number of rotatable bonds is 2. The van der Waals surface area contributed by atoms with Gasteiger partial charge in [0, 0.05) is 19.2 Å². The van der Waals surface area contributed by atoms with Gasteiger partial charge in [0.2, 0.25) is 0 Å². The molecule has 0 spiro atoms. The van der Waals surface area contributed by atoms with Crippen LogP contribution in [0.2, 0.25) is 0 Å². The Morgan fingerprint density at radius 1 is 1.30 bits per heavy atom. The summed E-state index contributed by atoms with van der Waals surface area (Å²) in [5.74, 6) is 0. The summed E-state index contributed by atoms with van der Waals surface area (Å²) >= 11 is 0. The molecule has 6 heteroatoms. The first kappa shape index (κ1) is 17.0. The van der Waals surface area contributed by atoms with E-state index in [9.17, 15) is 14.9 Å². The number of carbonyl (C=O) groups is 1. The lowest BCUT2D eigenvalue weighted by Crippen LogP contribution is -2.38. The maximum absolute atomic E-state index is 12.2. The molecular formula is C17H22N2O4. The second-order valence-electron chi connectivity index (χ2n) is 6.61. The van der Waals surface area contributed by atoms with E-state index in [1.807, 2.05) is 20.8 Å². The quantitative estimate of drug-likeness (QED) is 0.617. The summed E-state index contributed by atoms with van der Waals surface area (Å²) in [6, 6.07) is 3.41. The topological polar surface area (TPSA) is 72.7 Å². The number of nitrogens with zero attached hydrogens (tertiary/aromatic N) is 2. The van der Waals surface area contributed by atoms with Crippen molar-refractivity contribution in [2.45, 2.75) is 39.2 Å². The highest BCUT2D eigenvalue weighted by Gasteiger charge is 2.25. The molecule has 0 aromatic heterocycles. The number of amides is 1. The summed E-state index contributed by atoms with van der Waals surface area (Å²) in [4.78, 5) is 24.6. The van der Waals surface area contributed by atoms with Crippen LogP contribution in [0.25, 0.3) is 6.08 Å². The van der Waals surface area contributed by atoms with E-state index in [1.54, 1.807) is 17.0 Å². The molecule has 0 aliphatic carbocycles. The molecule has 1 aromatic carbocycles. The fourth-order valence-corrected chi connectivity index (χ4v) is 2.61. The molecule has 1 heterocycles. The SMILES string of the molecule is C=Cc1cc2c(cc1[N+](=O)[O-])CCN(C(=O)OC(C)(C)C)CC2. The number of ether oxygens (including phenoxy) is 1. The fraction of sp³-hybridized carbons (Fsp3) is 0.471. The maximum Gasteiger partial charge on any atom is 0.410 e. The zero-order chi connectivity index (χ0) is 17.2. The molecule has 23 heavy (non-hydrogen) atoms. The summed E-state index contributed by atoms with van der Waals surface area (Å²) in [6.07, 6.45) is 2.37. The highest BCUT2D eigenvalue weighted by molar-refractivity contribution is 5.68. The largest absolute Gasteiger partial charge is 0.444 e. The molecule has 6 nitrogen and oxygen atoms in total. The van der Waals surface area contributed by atoms with Crippen molar-refractivity contribution in [1.29, 1.82) is 0 Å². The molecule has 1 aromatic rings. The minimum absolute atomic E-state index is 0.0597. The Morgan fingerprint density at radius 2 is 1.87 bits per heavy atom. The van der Waals surface area contributed by atoms with Crippen LogP contribution < -0.4 is 0 Å². The van der Waals surface area contributed by atoms with Gasteiger partial charge in [0.25, 0.3) is 5.69 Å². The summed E-state index contributed by atoms with van der Waals surface area (Å²) < 4.78 is 5.40. The van der Waals surface area contributed by atoms with Gasteiger partial charge in [-0.15, -0.1) is 0 Å². The Labute approximate surface area is 135 Å². The van der Waals surface area contributed by atoms with Crippen molar-refractivity contribution in [1.82, 2.24) is 4.90 Å². The minimum Gasteiger partial charge on any atom is -0.444 e. The van der Waals surface area contributed by atoms with Crippen LogP contribution in [0.4, 0.5) is 10.5 Å². The second kappa shape index (κ2) is 6.40. The Hall–Kier alpha value is -2.37. The van der Waals surface area contributed by atoms with Crippen molar-refractivity contribution in [3.05, 3.63) is 45.5 Å². The Kier molecular flexibility index (Phi) is 4.73. The molecule has 1 amide bonds. The van der Waals surface area contributed by atoms with Crippen LogP contribution in [0, 0.1) is 10.1 Å². The number of carbonyl (C=O) groups excluding carboxylic acids is 1. The number of fused-ring (bicyclic) bond motifs is 1. The van der Waals surface area contributed by atoms with Crippen molar-refractivity contribution in [3.8, 4) is 0 Å². The number of nitro groups is 1. The van der Waals surface area contributed by atoms with Gasteiger partial charge in [-0.25, -0.2) is 4.79 Å². The molecule has 0 N–H and O–H groups in total. The first-order valence-electron chi connectivity index (χ1n) is 7.62. The third kappa shape index (κ3) is 4.09. The van der Waals surface area contributed by atoms with E-state index in [-0.39, 0.29) is 11.8 Å². The van der Waals surface area contributed by atoms with Gasteiger partial charge >= 0.3 is 6.09 Å². The van der Waals surface area contributed by atoms with Crippen LogP contribution in [0.15, 0.2) is 18.7 Å². The van der Waals surface area contributed by atoms with E-state index in [1.165, 1.54) is 6.08 Å². The molecular weight excluding hydrogens is 296 g/mol. The van der Waals surface area contributed by atoms with Crippen LogP contribution >= 0.6 is 0 Å². The number of hydrogen-bond acceptors (Lipinski definition) is 4. The predicted molar refractivity (Wildman–Crippen MR) is 88.4 cm³/mol. The minimum atomic E-state index is -0.537. The van der Waals surface area contributed by atoms with Gasteiger partial charge in [-0.05, 0) is 50.8 Å². The first-order valence-corrected chi connectivity index (χ1v) is 7.62. The molecule has 0 fully saturated rings. The first-order chi connectivity index (χ1) is 10.7. The second-order valence-corrected chi connectivity index (χ2v) is 6.61. The van der Waals surface area contributed by atoms with Gasteiger partial charge in [0.15, 0.2) is 0 Å². The number of nitro benzene ring substituents is 1. The molecule has 1 aliphatic rings. The molecule has 0 atom stereocenters. The average molecular weight is 318 g/mol. The van der Waals surface area contributed by atoms with Crippen molar-refractivity contribution < 1.29 is 14.5 Å². The van der Waals surface area contributed by atoms with Crippen molar-refractivity contribution in [2.24, 2.45) is 0 Å². The molecule has 0 saturated heterocycles. The van der Waals surface area contributed by atoms with Crippen LogP contribution in [-0.4, -0.2) is 34.6 Å². The van der Waals surface area contributed by atoms with Crippen molar-refractivity contribution in [3.63, 3.8) is 0 Å². The van der Waals surface area contributed by atoms with E-state index in [0.29, 0.717) is 31.5 Å². The smallest absolute Gasteiger partial charge is 0.410 e. The Morgan fingerprint density at radius 3 is 2.35 bits per heavy atom. The van der Waals surface area contributed by atoms with E-state index in [0.717, 1.165) is 11.1 Å². The molecule has 0 radical (unpaired) electrons. The lowest BCUT2D eigenvalue weighted by Gasteiger charge is -2.26. The standard InChI is InChI=1S/C17H22N2O4/c1-5-12-10-13-6-8-18(16(20)23-17(2,3)4)9-7-14(13)11-15(12)19(21)22/h5,10-11H,1,6-9H2,2-4H3. The van der Waals surface area contributed by atoms with E-state index < -0.39 is 10.5 Å². The van der Waals surface area contributed by atoms with Crippen LogP contribution in [-0.2, 0) is 17.6 Å². The zero-order valence-corrected chi connectivity index (χ0v) is 13.8. The van der Waals surface area contributed by atoms with Crippen LogP contribution in [0.5, 0.6) is 0 Å². The Bertz CT molecular complexity index is 647. The lowest BCUT2D eigenvalue weighted by atomic mass is 9.98. The monoisotopic (exact) mass is 318 g/mol. The van der Waals surface area contributed by atoms with Gasteiger partial charge in [-0.2, -0.15) is 0 Å². The lowest BCUT2D eigenvalue weighted by molar-refractivity contribution is -0.385. The van der Waals surface area contributed by atoms with Gasteiger partial charge in [-0.1, -0.05) is 12.7 Å². The van der Waals surface area contributed by atoms with Gasteiger partial charge in [0.1, 0.15) is 5.60 Å². The highest BCUT2D eigenvalue weighted by atomic mass is 16.6. The number of benzene rings is 1. The zero-order valence-electron chi connectivity index (χ0n) is 13.8. The maximum atomic E-state index is 12.2.